The highest BCUT2D eigenvalue weighted by Crippen LogP contribution is 2.29. The number of rotatable bonds is 6. The number of likely N-dealkylation sites (N-methyl/N-ethyl adjacent to an activating group) is 1. The zero-order valence-electron chi connectivity index (χ0n) is 17.3. The molecule has 1 fully saturated rings. The van der Waals surface area contributed by atoms with Gasteiger partial charge in [0.05, 0.1) is 11.6 Å². The first-order valence-electron chi connectivity index (χ1n) is 10.2. The molecule has 30 heavy (non-hydrogen) atoms. The minimum Gasteiger partial charge on any atom is -0.344 e. The van der Waals surface area contributed by atoms with Crippen LogP contribution in [0.5, 0.6) is 0 Å². The SMILES string of the molecule is CN1CCC(N(C)C[C@H](NC(=O)c2cccc(C(F)(F)F)c2)c2ccccc2)CC1. The van der Waals surface area contributed by atoms with E-state index < -0.39 is 17.6 Å². The Morgan fingerprint density at radius 1 is 1.13 bits per heavy atom. The van der Waals surface area contributed by atoms with Gasteiger partial charge in [0, 0.05) is 18.2 Å². The van der Waals surface area contributed by atoms with Crippen molar-refractivity contribution in [2.75, 3.05) is 33.7 Å². The van der Waals surface area contributed by atoms with Crippen molar-refractivity contribution in [2.24, 2.45) is 0 Å². The van der Waals surface area contributed by atoms with E-state index in [1.807, 2.05) is 37.4 Å². The molecule has 7 heteroatoms. The van der Waals surface area contributed by atoms with Crippen LogP contribution in [0.15, 0.2) is 54.6 Å². The minimum absolute atomic E-state index is 0.00713. The van der Waals surface area contributed by atoms with Gasteiger partial charge in [0.25, 0.3) is 5.91 Å². The summed E-state index contributed by atoms with van der Waals surface area (Å²) in [6, 6.07) is 14.2. The van der Waals surface area contributed by atoms with Gasteiger partial charge in [0.1, 0.15) is 0 Å². The monoisotopic (exact) mass is 419 g/mol. The van der Waals surface area contributed by atoms with Crippen LogP contribution in [0.4, 0.5) is 13.2 Å². The maximum atomic E-state index is 13.0. The van der Waals surface area contributed by atoms with Crippen molar-refractivity contribution in [3.05, 3.63) is 71.3 Å². The summed E-state index contributed by atoms with van der Waals surface area (Å²) in [5, 5.41) is 2.95. The van der Waals surface area contributed by atoms with E-state index in [1.165, 1.54) is 12.1 Å². The van der Waals surface area contributed by atoms with Gasteiger partial charge in [-0.1, -0.05) is 36.4 Å². The highest BCUT2D eigenvalue weighted by molar-refractivity contribution is 5.94. The predicted molar refractivity (Wildman–Crippen MR) is 111 cm³/mol. The first kappa shape index (κ1) is 22.3. The second-order valence-corrected chi connectivity index (χ2v) is 7.99. The molecule has 0 saturated carbocycles. The van der Waals surface area contributed by atoms with E-state index in [1.54, 1.807) is 0 Å². The summed E-state index contributed by atoms with van der Waals surface area (Å²) in [6.07, 6.45) is -2.38. The summed E-state index contributed by atoms with van der Waals surface area (Å²) in [4.78, 5) is 17.4. The lowest BCUT2D eigenvalue weighted by Crippen LogP contribution is -2.45. The van der Waals surface area contributed by atoms with Crippen molar-refractivity contribution in [1.29, 1.82) is 0 Å². The van der Waals surface area contributed by atoms with E-state index in [4.69, 9.17) is 0 Å². The van der Waals surface area contributed by atoms with Crippen molar-refractivity contribution in [3.63, 3.8) is 0 Å². The normalized spacial score (nSPS) is 17.1. The van der Waals surface area contributed by atoms with Crippen LogP contribution >= 0.6 is 0 Å². The topological polar surface area (TPSA) is 35.6 Å². The van der Waals surface area contributed by atoms with Gasteiger partial charge in [-0.15, -0.1) is 0 Å². The van der Waals surface area contributed by atoms with Crippen molar-refractivity contribution in [1.82, 2.24) is 15.1 Å². The van der Waals surface area contributed by atoms with Crippen LogP contribution in [0.1, 0.15) is 40.4 Å². The molecular weight excluding hydrogens is 391 g/mol. The second kappa shape index (κ2) is 9.62. The number of likely N-dealkylation sites (tertiary alicyclic amines) is 1. The largest absolute Gasteiger partial charge is 0.416 e. The third kappa shape index (κ3) is 5.83. The lowest BCUT2D eigenvalue weighted by molar-refractivity contribution is -0.137. The van der Waals surface area contributed by atoms with Crippen LogP contribution in [0.2, 0.25) is 0 Å². The number of carbonyl (C=O) groups excluding carboxylic acids is 1. The standard InChI is InChI=1S/C23H28F3N3O/c1-28-13-11-20(12-14-28)29(2)16-21(17-7-4-3-5-8-17)27-22(30)18-9-6-10-19(15-18)23(24,25)26/h3-10,15,20-21H,11-14,16H2,1-2H3,(H,27,30)/t21-/m0/s1. The second-order valence-electron chi connectivity index (χ2n) is 7.99. The molecule has 1 aliphatic heterocycles. The number of alkyl halides is 3. The summed E-state index contributed by atoms with van der Waals surface area (Å²) in [5.41, 5.74) is 0.111. The molecule has 4 nitrogen and oxygen atoms in total. The average Bonchev–Trinajstić information content (AvgIpc) is 2.73. The third-order valence-corrected chi connectivity index (χ3v) is 5.74. The fourth-order valence-corrected chi connectivity index (χ4v) is 3.87. The smallest absolute Gasteiger partial charge is 0.344 e. The zero-order chi connectivity index (χ0) is 21.7. The molecule has 0 aromatic heterocycles. The molecule has 0 aliphatic carbocycles. The summed E-state index contributed by atoms with van der Waals surface area (Å²) >= 11 is 0. The molecule has 1 atom stereocenters. The van der Waals surface area contributed by atoms with E-state index in [2.05, 4.69) is 22.2 Å². The van der Waals surface area contributed by atoms with Gasteiger partial charge in [0.15, 0.2) is 0 Å². The van der Waals surface area contributed by atoms with Gasteiger partial charge in [-0.05, 0) is 63.8 Å². The zero-order valence-corrected chi connectivity index (χ0v) is 17.3. The van der Waals surface area contributed by atoms with Crippen LogP contribution in [0.3, 0.4) is 0 Å². The summed E-state index contributed by atoms with van der Waals surface area (Å²) in [6.45, 7) is 2.65. The van der Waals surface area contributed by atoms with Crippen molar-refractivity contribution >= 4 is 5.91 Å². The van der Waals surface area contributed by atoms with Crippen LogP contribution in [0.25, 0.3) is 0 Å². The Balaban J connectivity index is 1.75. The molecule has 0 radical (unpaired) electrons. The average molecular weight is 419 g/mol. The van der Waals surface area contributed by atoms with Gasteiger partial charge in [-0.2, -0.15) is 13.2 Å². The summed E-state index contributed by atoms with van der Waals surface area (Å²) in [5.74, 6) is -0.508. The maximum absolute atomic E-state index is 13.0. The molecule has 162 valence electrons. The first-order chi connectivity index (χ1) is 14.2. The Morgan fingerprint density at radius 3 is 2.43 bits per heavy atom. The van der Waals surface area contributed by atoms with E-state index in [0.29, 0.717) is 12.6 Å². The van der Waals surface area contributed by atoms with Gasteiger partial charge in [0.2, 0.25) is 0 Å². The Kier molecular flexibility index (Phi) is 7.15. The van der Waals surface area contributed by atoms with E-state index in [9.17, 15) is 18.0 Å². The molecule has 2 aromatic rings. The first-order valence-corrected chi connectivity index (χ1v) is 10.2. The van der Waals surface area contributed by atoms with E-state index in [0.717, 1.165) is 43.6 Å². The van der Waals surface area contributed by atoms with Gasteiger partial charge in [-0.25, -0.2) is 0 Å². The molecular formula is C23H28F3N3O. The predicted octanol–water partition coefficient (Wildman–Crippen LogP) is 4.20. The molecule has 1 N–H and O–H groups in total. The van der Waals surface area contributed by atoms with Gasteiger partial charge >= 0.3 is 6.18 Å². The number of piperidine rings is 1. The Labute approximate surface area is 175 Å². The Hall–Kier alpha value is -2.38. The van der Waals surface area contributed by atoms with Crippen LogP contribution in [0, 0.1) is 0 Å². The fraction of sp³-hybridized carbons (Fsp3) is 0.435. The van der Waals surface area contributed by atoms with E-state index >= 15 is 0 Å². The number of hydrogen-bond acceptors (Lipinski definition) is 3. The van der Waals surface area contributed by atoms with Gasteiger partial charge < -0.3 is 15.1 Å². The van der Waals surface area contributed by atoms with Gasteiger partial charge in [-0.3, -0.25) is 4.79 Å². The Bertz CT molecular complexity index is 833. The van der Waals surface area contributed by atoms with Crippen LogP contribution in [-0.2, 0) is 6.18 Å². The molecule has 0 bridgehead atoms. The number of hydrogen-bond donors (Lipinski definition) is 1. The molecule has 0 unspecified atom stereocenters. The maximum Gasteiger partial charge on any atom is 0.416 e. The lowest BCUT2D eigenvalue weighted by Gasteiger charge is -2.37. The van der Waals surface area contributed by atoms with Crippen molar-refractivity contribution < 1.29 is 18.0 Å². The highest BCUT2D eigenvalue weighted by atomic mass is 19.4. The lowest BCUT2D eigenvalue weighted by atomic mass is 10.0. The third-order valence-electron chi connectivity index (χ3n) is 5.74. The van der Waals surface area contributed by atoms with Crippen LogP contribution in [-0.4, -0.2) is 55.5 Å². The number of benzene rings is 2. The van der Waals surface area contributed by atoms with Crippen molar-refractivity contribution in [3.8, 4) is 0 Å². The number of nitrogens with zero attached hydrogens (tertiary/aromatic N) is 2. The van der Waals surface area contributed by atoms with Crippen molar-refractivity contribution in [2.45, 2.75) is 31.1 Å². The van der Waals surface area contributed by atoms with Crippen LogP contribution < -0.4 is 5.32 Å². The molecule has 2 aromatic carbocycles. The molecule has 1 amide bonds. The number of nitrogens with one attached hydrogen (secondary N) is 1. The molecule has 1 heterocycles. The van der Waals surface area contributed by atoms with E-state index in [-0.39, 0.29) is 11.6 Å². The highest BCUT2D eigenvalue weighted by Gasteiger charge is 2.31. The molecule has 0 spiro atoms. The summed E-state index contributed by atoms with van der Waals surface area (Å²) < 4.78 is 39.1. The quantitative estimate of drug-likeness (QED) is 0.762. The molecule has 1 saturated heterocycles. The molecule has 1 aliphatic rings. The number of carbonyl (C=O) groups is 1. The number of halogens is 3. The minimum atomic E-state index is -4.48. The molecule has 3 rings (SSSR count). The fourth-order valence-electron chi connectivity index (χ4n) is 3.87. The Morgan fingerprint density at radius 2 is 1.80 bits per heavy atom. The summed E-state index contributed by atoms with van der Waals surface area (Å²) in [7, 11) is 4.15. The number of amides is 1.